The molecule has 1 unspecified atom stereocenters. The van der Waals surface area contributed by atoms with Gasteiger partial charge < -0.3 is 4.74 Å². The second-order valence-electron chi connectivity index (χ2n) is 4.73. The van der Waals surface area contributed by atoms with Gasteiger partial charge in [-0.15, -0.1) is 0 Å². The smallest absolute Gasteiger partial charge is 0.324 e. The van der Waals surface area contributed by atoms with Crippen molar-refractivity contribution in [2.75, 3.05) is 6.61 Å². The van der Waals surface area contributed by atoms with Gasteiger partial charge in [0.05, 0.1) is 10.8 Å². The van der Waals surface area contributed by atoms with Crippen molar-refractivity contribution in [2.45, 2.75) is 18.6 Å². The number of hydrogen-bond donors (Lipinski definition) is 0. The first-order valence-corrected chi connectivity index (χ1v) is 8.48. The van der Waals surface area contributed by atoms with E-state index in [0.29, 0.717) is 10.8 Å². The monoisotopic (exact) mass is 330 g/mol. The first-order chi connectivity index (χ1) is 10.7. The highest BCUT2D eigenvalue weighted by Gasteiger charge is 2.24. The Kier molecular flexibility index (Phi) is 6.62. The van der Waals surface area contributed by atoms with Gasteiger partial charge in [0.2, 0.25) is 0 Å². The van der Waals surface area contributed by atoms with E-state index in [-0.39, 0.29) is 5.97 Å². The number of benzene rings is 2. The maximum Gasteiger partial charge on any atom is 0.324 e. The van der Waals surface area contributed by atoms with Crippen molar-refractivity contribution in [3.8, 4) is 0 Å². The average Bonchev–Trinajstić information content (AvgIpc) is 2.59. The Hall–Kier alpha value is -1.65. The Labute approximate surface area is 140 Å². The van der Waals surface area contributed by atoms with E-state index in [2.05, 4.69) is 0 Å². The summed E-state index contributed by atoms with van der Waals surface area (Å²) in [5.41, 5.74) is 1.86. The highest BCUT2D eigenvalue weighted by atomic mass is 32.2. The molecule has 0 saturated carbocycles. The quantitative estimate of drug-likeness (QED) is 0.562. The lowest BCUT2D eigenvalue weighted by Gasteiger charge is -2.16. The van der Waals surface area contributed by atoms with Crippen LogP contribution in [0.5, 0.6) is 0 Å². The third kappa shape index (κ3) is 4.68. The molecule has 0 N–H and O–H groups in total. The van der Waals surface area contributed by atoms with Gasteiger partial charge in [0.25, 0.3) is 0 Å². The largest absolute Gasteiger partial charge is 0.465 e. The van der Waals surface area contributed by atoms with Crippen molar-refractivity contribution in [3.63, 3.8) is 0 Å². The van der Waals surface area contributed by atoms with Gasteiger partial charge in [0.15, 0.2) is 0 Å². The molecule has 0 aliphatic heterocycles. The third-order valence-electron chi connectivity index (χ3n) is 3.00. The summed E-state index contributed by atoms with van der Waals surface area (Å²) in [6, 6.07) is 19.4. The molecule has 0 spiro atoms. The summed E-state index contributed by atoms with van der Waals surface area (Å²) in [6.45, 7) is 2.41. The number of ether oxygens (including phenoxy) is 1. The molecule has 0 saturated heterocycles. The molecule has 114 valence electrons. The summed E-state index contributed by atoms with van der Waals surface area (Å²) < 4.78 is 6.02. The number of carbonyl (C=O) groups is 1. The molecule has 2 nitrogen and oxygen atoms in total. The number of thioether (sulfide) groups is 1. The number of esters is 1. The predicted octanol–water partition coefficient (Wildman–Crippen LogP) is 4.79. The standard InChI is InChI=1S/C18H18O2S2/c1-2-13-20-17(19)16(14-9-5-3-6-10-14)22-18(21)15-11-7-4-8-12-15/h3-12,16H,2,13H2,1H3. The van der Waals surface area contributed by atoms with Crippen LogP contribution in [0.15, 0.2) is 60.7 Å². The fourth-order valence-corrected chi connectivity index (χ4v) is 3.28. The van der Waals surface area contributed by atoms with E-state index in [1.807, 2.05) is 67.6 Å². The van der Waals surface area contributed by atoms with Crippen molar-refractivity contribution >= 4 is 34.1 Å². The highest BCUT2D eigenvalue weighted by molar-refractivity contribution is 8.24. The fraction of sp³-hybridized carbons (Fsp3) is 0.222. The maximum absolute atomic E-state index is 12.4. The zero-order valence-electron chi connectivity index (χ0n) is 12.4. The summed E-state index contributed by atoms with van der Waals surface area (Å²) >= 11 is 6.85. The average molecular weight is 330 g/mol. The summed E-state index contributed by atoms with van der Waals surface area (Å²) in [6.07, 6.45) is 0.807. The predicted molar refractivity (Wildman–Crippen MR) is 96.2 cm³/mol. The normalized spacial score (nSPS) is 11.7. The number of thiocarbonyl (C=S) groups is 1. The van der Waals surface area contributed by atoms with Gasteiger partial charge in [-0.2, -0.15) is 0 Å². The number of rotatable bonds is 6. The van der Waals surface area contributed by atoms with E-state index < -0.39 is 5.25 Å². The molecule has 0 aliphatic rings. The maximum atomic E-state index is 12.4. The van der Waals surface area contributed by atoms with Crippen molar-refractivity contribution in [1.82, 2.24) is 0 Å². The van der Waals surface area contributed by atoms with Crippen LogP contribution in [0.1, 0.15) is 29.7 Å². The first kappa shape index (κ1) is 16.7. The Balaban J connectivity index is 2.18. The van der Waals surface area contributed by atoms with Crippen LogP contribution in [0.2, 0.25) is 0 Å². The SMILES string of the molecule is CCCOC(=O)C(SC(=S)c1ccccc1)c1ccccc1. The molecule has 0 radical (unpaired) electrons. The summed E-state index contributed by atoms with van der Waals surface area (Å²) in [5, 5.41) is -0.430. The molecule has 1 atom stereocenters. The van der Waals surface area contributed by atoms with Gasteiger partial charge in [-0.25, -0.2) is 0 Å². The van der Waals surface area contributed by atoms with E-state index in [0.717, 1.165) is 17.5 Å². The van der Waals surface area contributed by atoms with E-state index in [1.165, 1.54) is 11.8 Å². The molecular weight excluding hydrogens is 312 g/mol. The molecule has 0 fully saturated rings. The second-order valence-corrected chi connectivity index (χ2v) is 6.51. The van der Waals surface area contributed by atoms with Gasteiger partial charge in [0, 0.05) is 0 Å². The van der Waals surface area contributed by atoms with Crippen LogP contribution in [0.25, 0.3) is 0 Å². The van der Waals surface area contributed by atoms with Crippen LogP contribution >= 0.6 is 24.0 Å². The van der Waals surface area contributed by atoms with E-state index in [1.54, 1.807) is 0 Å². The lowest BCUT2D eigenvalue weighted by molar-refractivity contribution is -0.143. The van der Waals surface area contributed by atoms with Crippen LogP contribution in [-0.2, 0) is 9.53 Å². The van der Waals surface area contributed by atoms with E-state index in [9.17, 15) is 4.79 Å². The molecule has 0 aromatic heterocycles. The van der Waals surface area contributed by atoms with Crippen molar-refractivity contribution in [1.29, 1.82) is 0 Å². The summed E-state index contributed by atoms with van der Waals surface area (Å²) in [7, 11) is 0. The van der Waals surface area contributed by atoms with Crippen LogP contribution in [-0.4, -0.2) is 16.8 Å². The Morgan fingerprint density at radius 3 is 2.27 bits per heavy atom. The minimum absolute atomic E-state index is 0.240. The topological polar surface area (TPSA) is 26.3 Å². The number of carbonyl (C=O) groups excluding carboxylic acids is 1. The van der Waals surface area contributed by atoms with Crippen LogP contribution in [0.4, 0.5) is 0 Å². The Morgan fingerprint density at radius 2 is 1.68 bits per heavy atom. The molecule has 0 bridgehead atoms. The molecule has 2 aromatic rings. The third-order valence-corrected chi connectivity index (χ3v) is 4.67. The molecule has 0 aliphatic carbocycles. The Bertz CT molecular complexity index is 611. The van der Waals surface area contributed by atoms with Crippen LogP contribution in [0.3, 0.4) is 0 Å². The lowest BCUT2D eigenvalue weighted by atomic mass is 10.1. The summed E-state index contributed by atoms with van der Waals surface area (Å²) in [5.74, 6) is -0.240. The molecular formula is C18H18O2S2. The molecule has 2 aromatic carbocycles. The zero-order chi connectivity index (χ0) is 15.8. The van der Waals surface area contributed by atoms with Crippen LogP contribution in [0, 0.1) is 0 Å². The fourth-order valence-electron chi connectivity index (χ4n) is 1.91. The van der Waals surface area contributed by atoms with E-state index in [4.69, 9.17) is 17.0 Å². The van der Waals surface area contributed by atoms with Crippen molar-refractivity contribution in [2.24, 2.45) is 0 Å². The van der Waals surface area contributed by atoms with Gasteiger partial charge >= 0.3 is 5.97 Å². The van der Waals surface area contributed by atoms with Crippen molar-refractivity contribution < 1.29 is 9.53 Å². The van der Waals surface area contributed by atoms with Crippen LogP contribution < -0.4 is 0 Å². The van der Waals surface area contributed by atoms with E-state index >= 15 is 0 Å². The van der Waals surface area contributed by atoms with Gasteiger partial charge in [-0.3, -0.25) is 4.79 Å². The van der Waals surface area contributed by atoms with Gasteiger partial charge in [-0.1, -0.05) is 91.6 Å². The molecule has 22 heavy (non-hydrogen) atoms. The lowest BCUT2D eigenvalue weighted by Crippen LogP contribution is -2.15. The second kappa shape index (κ2) is 8.71. The molecule has 2 rings (SSSR count). The van der Waals surface area contributed by atoms with Gasteiger partial charge in [0.1, 0.15) is 5.25 Å². The molecule has 0 heterocycles. The zero-order valence-corrected chi connectivity index (χ0v) is 14.0. The minimum atomic E-state index is -0.430. The van der Waals surface area contributed by atoms with Crippen molar-refractivity contribution in [3.05, 3.63) is 71.8 Å². The number of hydrogen-bond acceptors (Lipinski definition) is 4. The molecule has 4 heteroatoms. The minimum Gasteiger partial charge on any atom is -0.465 e. The van der Waals surface area contributed by atoms with Gasteiger partial charge in [-0.05, 0) is 17.5 Å². The Morgan fingerprint density at radius 1 is 1.09 bits per heavy atom. The summed E-state index contributed by atoms with van der Waals surface area (Å²) in [4.78, 5) is 12.4. The highest BCUT2D eigenvalue weighted by Crippen LogP contribution is 2.33. The first-order valence-electron chi connectivity index (χ1n) is 7.20. The molecule has 0 amide bonds.